The molecule has 1 aliphatic heterocycles. The van der Waals surface area contributed by atoms with Crippen molar-refractivity contribution in [3.8, 4) is 0 Å². The molecule has 2 aromatic rings. The maximum absolute atomic E-state index is 13.3. The second-order valence-electron chi connectivity index (χ2n) is 6.20. The van der Waals surface area contributed by atoms with Gasteiger partial charge in [0.25, 0.3) is 5.91 Å². The number of amides is 1. The quantitative estimate of drug-likeness (QED) is 0.817. The van der Waals surface area contributed by atoms with Gasteiger partial charge >= 0.3 is 0 Å². The molecule has 1 aliphatic carbocycles. The summed E-state index contributed by atoms with van der Waals surface area (Å²) in [6.45, 7) is 2.49. The van der Waals surface area contributed by atoms with Gasteiger partial charge < -0.3 is 9.80 Å². The highest BCUT2D eigenvalue weighted by Crippen LogP contribution is 2.37. The van der Waals surface area contributed by atoms with Gasteiger partial charge in [0.1, 0.15) is 0 Å². The van der Waals surface area contributed by atoms with Crippen molar-refractivity contribution in [1.29, 1.82) is 0 Å². The SMILES string of the molecule is O=C(c1ccnc(F)c1)N1CCN(CC2CC2)c2ccccc21. The minimum Gasteiger partial charge on any atom is -0.368 e. The van der Waals surface area contributed by atoms with Crippen LogP contribution in [0.15, 0.2) is 42.6 Å². The summed E-state index contributed by atoms with van der Waals surface area (Å²) in [5.74, 6) is -0.0130. The molecule has 2 aliphatic rings. The van der Waals surface area contributed by atoms with Crippen LogP contribution in [0.3, 0.4) is 0 Å². The first-order chi connectivity index (χ1) is 11.2. The lowest BCUT2D eigenvalue weighted by atomic mass is 10.1. The Labute approximate surface area is 134 Å². The number of anilines is 2. The lowest BCUT2D eigenvalue weighted by Gasteiger charge is -2.38. The van der Waals surface area contributed by atoms with Crippen molar-refractivity contribution in [2.75, 3.05) is 29.4 Å². The Balaban J connectivity index is 1.65. The Morgan fingerprint density at radius 3 is 2.70 bits per heavy atom. The standard InChI is InChI=1S/C18H18FN3O/c19-17-11-14(7-8-20-17)18(23)22-10-9-21(12-13-5-6-13)15-3-1-2-4-16(15)22/h1-4,7-8,11,13H,5-6,9-10,12H2. The Kier molecular flexibility index (Phi) is 3.48. The Morgan fingerprint density at radius 2 is 1.96 bits per heavy atom. The minimum atomic E-state index is -0.628. The fraction of sp³-hybridized carbons (Fsp3) is 0.333. The summed E-state index contributed by atoms with van der Waals surface area (Å²) in [6, 6.07) is 10.7. The molecule has 1 aromatic carbocycles. The number of benzene rings is 1. The van der Waals surface area contributed by atoms with E-state index in [1.54, 1.807) is 11.0 Å². The van der Waals surface area contributed by atoms with Crippen LogP contribution >= 0.6 is 0 Å². The van der Waals surface area contributed by atoms with Crippen molar-refractivity contribution < 1.29 is 9.18 Å². The zero-order chi connectivity index (χ0) is 15.8. The van der Waals surface area contributed by atoms with E-state index in [0.717, 1.165) is 30.4 Å². The number of fused-ring (bicyclic) bond motifs is 1. The zero-order valence-electron chi connectivity index (χ0n) is 12.8. The maximum atomic E-state index is 13.3. The van der Waals surface area contributed by atoms with Crippen LogP contribution < -0.4 is 9.80 Å². The molecule has 4 nitrogen and oxygen atoms in total. The third-order valence-electron chi connectivity index (χ3n) is 4.50. The first-order valence-corrected chi connectivity index (χ1v) is 8.00. The predicted molar refractivity (Wildman–Crippen MR) is 87.3 cm³/mol. The molecule has 1 amide bonds. The first-order valence-electron chi connectivity index (χ1n) is 8.00. The summed E-state index contributed by atoms with van der Waals surface area (Å²) >= 11 is 0. The molecule has 118 valence electrons. The summed E-state index contributed by atoms with van der Waals surface area (Å²) in [5.41, 5.74) is 2.33. The van der Waals surface area contributed by atoms with Crippen molar-refractivity contribution in [2.45, 2.75) is 12.8 Å². The van der Waals surface area contributed by atoms with Gasteiger partial charge in [-0.1, -0.05) is 12.1 Å². The fourth-order valence-corrected chi connectivity index (χ4v) is 3.13. The molecule has 4 rings (SSSR count). The van der Waals surface area contributed by atoms with E-state index < -0.39 is 5.95 Å². The summed E-state index contributed by atoms with van der Waals surface area (Å²) in [6.07, 6.45) is 3.94. The number of nitrogens with zero attached hydrogens (tertiary/aromatic N) is 3. The van der Waals surface area contributed by atoms with Gasteiger partial charge in [0, 0.05) is 37.5 Å². The number of carbonyl (C=O) groups excluding carboxylic acids is 1. The van der Waals surface area contributed by atoms with Crippen LogP contribution in [0.4, 0.5) is 15.8 Å². The van der Waals surface area contributed by atoms with Gasteiger partial charge in [-0.15, -0.1) is 0 Å². The summed E-state index contributed by atoms with van der Waals surface area (Å²) < 4.78 is 13.3. The molecule has 0 bridgehead atoms. The van der Waals surface area contributed by atoms with Crippen LogP contribution in [0.5, 0.6) is 0 Å². The fourth-order valence-electron chi connectivity index (χ4n) is 3.13. The number of para-hydroxylation sites is 2. The van der Waals surface area contributed by atoms with Crippen LogP contribution in [-0.2, 0) is 0 Å². The molecule has 2 heterocycles. The Morgan fingerprint density at radius 1 is 1.17 bits per heavy atom. The summed E-state index contributed by atoms with van der Waals surface area (Å²) in [4.78, 5) is 20.4. The van der Waals surface area contributed by atoms with Crippen molar-refractivity contribution in [2.24, 2.45) is 5.92 Å². The van der Waals surface area contributed by atoms with E-state index in [1.165, 1.54) is 25.1 Å². The third kappa shape index (κ3) is 2.79. The highest BCUT2D eigenvalue weighted by atomic mass is 19.1. The average Bonchev–Trinajstić information content (AvgIpc) is 3.39. The first kappa shape index (κ1) is 14.2. The molecular weight excluding hydrogens is 293 g/mol. The molecule has 0 unspecified atom stereocenters. The molecule has 0 atom stereocenters. The topological polar surface area (TPSA) is 36.4 Å². The molecular formula is C18H18FN3O. The molecule has 0 saturated heterocycles. The normalized spacial score (nSPS) is 17.1. The molecule has 1 fully saturated rings. The van der Waals surface area contributed by atoms with Crippen molar-refractivity contribution in [3.05, 3.63) is 54.1 Å². The highest BCUT2D eigenvalue weighted by molar-refractivity contribution is 6.08. The van der Waals surface area contributed by atoms with E-state index in [0.29, 0.717) is 12.1 Å². The van der Waals surface area contributed by atoms with Gasteiger partial charge in [0.15, 0.2) is 0 Å². The molecule has 0 radical (unpaired) electrons. The number of carbonyl (C=O) groups is 1. The molecule has 1 aromatic heterocycles. The van der Waals surface area contributed by atoms with Crippen LogP contribution in [0.25, 0.3) is 0 Å². The van der Waals surface area contributed by atoms with Gasteiger partial charge in [-0.2, -0.15) is 4.39 Å². The third-order valence-corrected chi connectivity index (χ3v) is 4.50. The van der Waals surface area contributed by atoms with Gasteiger partial charge in [0.05, 0.1) is 11.4 Å². The van der Waals surface area contributed by atoms with E-state index >= 15 is 0 Å². The molecule has 1 saturated carbocycles. The molecule has 0 N–H and O–H groups in total. The smallest absolute Gasteiger partial charge is 0.258 e. The number of hydrogen-bond donors (Lipinski definition) is 0. The Hall–Kier alpha value is -2.43. The van der Waals surface area contributed by atoms with Gasteiger partial charge in [0.2, 0.25) is 5.95 Å². The van der Waals surface area contributed by atoms with E-state index in [4.69, 9.17) is 0 Å². The predicted octanol–water partition coefficient (Wildman–Crippen LogP) is 3.10. The lowest BCUT2D eigenvalue weighted by Crippen LogP contribution is -2.44. The van der Waals surface area contributed by atoms with E-state index in [2.05, 4.69) is 16.0 Å². The maximum Gasteiger partial charge on any atom is 0.258 e. The van der Waals surface area contributed by atoms with Crippen molar-refractivity contribution in [3.63, 3.8) is 0 Å². The van der Waals surface area contributed by atoms with Gasteiger partial charge in [-0.3, -0.25) is 4.79 Å². The van der Waals surface area contributed by atoms with E-state index in [1.807, 2.05) is 18.2 Å². The minimum absolute atomic E-state index is 0.176. The Bertz CT molecular complexity index is 745. The van der Waals surface area contributed by atoms with Gasteiger partial charge in [-0.25, -0.2) is 4.98 Å². The second-order valence-corrected chi connectivity index (χ2v) is 6.20. The average molecular weight is 311 g/mol. The van der Waals surface area contributed by atoms with Gasteiger partial charge in [-0.05, 0) is 37.0 Å². The van der Waals surface area contributed by atoms with E-state index in [9.17, 15) is 9.18 Å². The molecule has 5 heteroatoms. The van der Waals surface area contributed by atoms with Crippen LogP contribution in [0, 0.1) is 11.9 Å². The molecule has 23 heavy (non-hydrogen) atoms. The largest absolute Gasteiger partial charge is 0.368 e. The lowest BCUT2D eigenvalue weighted by molar-refractivity contribution is 0.0986. The summed E-state index contributed by atoms with van der Waals surface area (Å²) in [5, 5.41) is 0. The van der Waals surface area contributed by atoms with E-state index in [-0.39, 0.29) is 5.91 Å². The van der Waals surface area contributed by atoms with Crippen LogP contribution in [0.1, 0.15) is 23.2 Å². The monoisotopic (exact) mass is 311 g/mol. The van der Waals surface area contributed by atoms with Crippen molar-refractivity contribution >= 4 is 17.3 Å². The number of halogens is 1. The zero-order valence-corrected chi connectivity index (χ0v) is 12.8. The van der Waals surface area contributed by atoms with Crippen molar-refractivity contribution in [1.82, 2.24) is 4.98 Å². The number of rotatable bonds is 3. The number of pyridine rings is 1. The number of aromatic nitrogens is 1. The van der Waals surface area contributed by atoms with Crippen LogP contribution in [-0.4, -0.2) is 30.5 Å². The summed E-state index contributed by atoms with van der Waals surface area (Å²) in [7, 11) is 0. The number of hydrogen-bond acceptors (Lipinski definition) is 3. The highest BCUT2D eigenvalue weighted by Gasteiger charge is 2.31. The molecule has 0 spiro atoms. The van der Waals surface area contributed by atoms with Crippen LogP contribution in [0.2, 0.25) is 0 Å². The second kappa shape index (κ2) is 5.65.